The van der Waals surface area contributed by atoms with Crippen LogP contribution in [0, 0.1) is 5.82 Å². The van der Waals surface area contributed by atoms with Crippen molar-refractivity contribution in [3.05, 3.63) is 30.1 Å². The van der Waals surface area contributed by atoms with Crippen LogP contribution in [0.4, 0.5) is 4.39 Å². The van der Waals surface area contributed by atoms with Crippen LogP contribution >= 0.6 is 0 Å². The van der Waals surface area contributed by atoms with E-state index in [1.165, 1.54) is 25.0 Å². The largest absolute Gasteiger partial charge is 0.490 e. The summed E-state index contributed by atoms with van der Waals surface area (Å²) in [5.41, 5.74) is 0. The zero-order valence-electron chi connectivity index (χ0n) is 10.3. The number of rotatable bonds is 4. The Morgan fingerprint density at radius 1 is 1.29 bits per heavy atom. The van der Waals surface area contributed by atoms with Crippen molar-refractivity contribution in [2.75, 3.05) is 6.54 Å². The van der Waals surface area contributed by atoms with Gasteiger partial charge in [-0.1, -0.05) is 6.92 Å². The number of hydrogen-bond acceptors (Lipinski definition) is 2. The predicted molar refractivity (Wildman–Crippen MR) is 66.7 cm³/mol. The molecule has 2 rings (SSSR count). The summed E-state index contributed by atoms with van der Waals surface area (Å²) in [6.45, 7) is 3.14. The van der Waals surface area contributed by atoms with Crippen molar-refractivity contribution in [3.8, 4) is 5.75 Å². The lowest BCUT2D eigenvalue weighted by Gasteiger charge is -2.30. The molecule has 2 atom stereocenters. The first-order chi connectivity index (χ1) is 8.28. The van der Waals surface area contributed by atoms with Gasteiger partial charge in [0.15, 0.2) is 0 Å². The lowest BCUT2D eigenvalue weighted by molar-refractivity contribution is 0.135. The third kappa shape index (κ3) is 3.70. The molecule has 0 amide bonds. The average molecular weight is 237 g/mol. The van der Waals surface area contributed by atoms with Gasteiger partial charge in [0.1, 0.15) is 17.7 Å². The molecule has 0 spiro atoms. The van der Waals surface area contributed by atoms with E-state index in [1.807, 2.05) is 0 Å². The Morgan fingerprint density at radius 2 is 2.06 bits per heavy atom. The third-order valence-electron chi connectivity index (χ3n) is 3.24. The van der Waals surface area contributed by atoms with Crippen LogP contribution in [0.1, 0.15) is 32.6 Å². The molecule has 1 saturated carbocycles. The molecule has 1 fully saturated rings. The Hall–Kier alpha value is -1.09. The Bertz CT molecular complexity index is 337. The fourth-order valence-electron chi connectivity index (χ4n) is 2.43. The van der Waals surface area contributed by atoms with Crippen molar-refractivity contribution >= 4 is 0 Å². The van der Waals surface area contributed by atoms with E-state index >= 15 is 0 Å². The molecule has 1 aliphatic carbocycles. The second-order valence-corrected chi connectivity index (χ2v) is 4.61. The van der Waals surface area contributed by atoms with E-state index in [1.54, 1.807) is 12.1 Å². The lowest BCUT2D eigenvalue weighted by atomic mass is 9.93. The van der Waals surface area contributed by atoms with Crippen molar-refractivity contribution < 1.29 is 9.13 Å². The van der Waals surface area contributed by atoms with Crippen molar-refractivity contribution in [3.63, 3.8) is 0 Å². The van der Waals surface area contributed by atoms with Crippen LogP contribution < -0.4 is 10.1 Å². The maximum Gasteiger partial charge on any atom is 0.123 e. The van der Waals surface area contributed by atoms with Crippen LogP contribution in [-0.4, -0.2) is 18.7 Å². The van der Waals surface area contributed by atoms with E-state index in [9.17, 15) is 4.39 Å². The molecular weight excluding hydrogens is 217 g/mol. The zero-order chi connectivity index (χ0) is 12.1. The first-order valence-electron chi connectivity index (χ1n) is 6.43. The minimum Gasteiger partial charge on any atom is -0.490 e. The third-order valence-corrected chi connectivity index (χ3v) is 3.24. The van der Waals surface area contributed by atoms with Gasteiger partial charge in [-0.15, -0.1) is 0 Å². The molecule has 0 bridgehead atoms. The van der Waals surface area contributed by atoms with Gasteiger partial charge >= 0.3 is 0 Å². The molecule has 1 N–H and O–H groups in total. The molecule has 1 aromatic carbocycles. The summed E-state index contributed by atoms with van der Waals surface area (Å²) < 4.78 is 18.6. The SMILES string of the molecule is CCNC1CCCC(Oc2ccc(F)cc2)C1. The van der Waals surface area contributed by atoms with Gasteiger partial charge in [-0.2, -0.15) is 0 Å². The molecule has 1 aliphatic rings. The zero-order valence-corrected chi connectivity index (χ0v) is 10.3. The van der Waals surface area contributed by atoms with Gasteiger partial charge in [0.2, 0.25) is 0 Å². The van der Waals surface area contributed by atoms with Crippen LogP contribution in [0.2, 0.25) is 0 Å². The molecule has 94 valence electrons. The highest BCUT2D eigenvalue weighted by Gasteiger charge is 2.22. The Morgan fingerprint density at radius 3 is 2.76 bits per heavy atom. The summed E-state index contributed by atoms with van der Waals surface area (Å²) in [4.78, 5) is 0. The minimum atomic E-state index is -0.216. The summed E-state index contributed by atoms with van der Waals surface area (Å²) in [5, 5.41) is 3.47. The maximum atomic E-state index is 12.8. The van der Waals surface area contributed by atoms with E-state index < -0.39 is 0 Å². The van der Waals surface area contributed by atoms with Gasteiger partial charge in [0.25, 0.3) is 0 Å². The van der Waals surface area contributed by atoms with Crippen LogP contribution in [0.25, 0.3) is 0 Å². The van der Waals surface area contributed by atoms with Gasteiger partial charge in [-0.05, 0) is 56.5 Å². The fourth-order valence-corrected chi connectivity index (χ4v) is 2.43. The van der Waals surface area contributed by atoms with E-state index in [0.29, 0.717) is 6.04 Å². The number of halogens is 1. The normalized spacial score (nSPS) is 24.6. The number of benzene rings is 1. The topological polar surface area (TPSA) is 21.3 Å². The number of ether oxygens (including phenoxy) is 1. The monoisotopic (exact) mass is 237 g/mol. The van der Waals surface area contributed by atoms with Gasteiger partial charge in [-0.25, -0.2) is 4.39 Å². The van der Waals surface area contributed by atoms with Gasteiger partial charge in [0.05, 0.1) is 0 Å². The molecule has 17 heavy (non-hydrogen) atoms. The van der Waals surface area contributed by atoms with Gasteiger partial charge in [0, 0.05) is 6.04 Å². The smallest absolute Gasteiger partial charge is 0.123 e. The van der Waals surface area contributed by atoms with Crippen molar-refractivity contribution in [2.45, 2.75) is 44.8 Å². The summed E-state index contributed by atoms with van der Waals surface area (Å²) in [7, 11) is 0. The first-order valence-corrected chi connectivity index (χ1v) is 6.43. The molecule has 0 radical (unpaired) electrons. The predicted octanol–water partition coefficient (Wildman–Crippen LogP) is 3.13. The van der Waals surface area contributed by atoms with Crippen molar-refractivity contribution in [1.82, 2.24) is 5.32 Å². The van der Waals surface area contributed by atoms with E-state index in [-0.39, 0.29) is 11.9 Å². The highest BCUT2D eigenvalue weighted by Crippen LogP contribution is 2.23. The van der Waals surface area contributed by atoms with E-state index in [2.05, 4.69) is 12.2 Å². The summed E-state index contributed by atoms with van der Waals surface area (Å²) >= 11 is 0. The summed E-state index contributed by atoms with van der Waals surface area (Å²) in [6, 6.07) is 6.86. The number of hydrogen-bond donors (Lipinski definition) is 1. The molecule has 0 heterocycles. The Labute approximate surface area is 102 Å². The Balaban J connectivity index is 1.87. The van der Waals surface area contributed by atoms with E-state index in [0.717, 1.165) is 25.1 Å². The molecule has 0 aromatic heterocycles. The van der Waals surface area contributed by atoms with Crippen LogP contribution in [0.5, 0.6) is 5.75 Å². The van der Waals surface area contributed by atoms with Crippen LogP contribution in [-0.2, 0) is 0 Å². The number of nitrogens with one attached hydrogen (secondary N) is 1. The van der Waals surface area contributed by atoms with Gasteiger partial charge in [-0.3, -0.25) is 0 Å². The second kappa shape index (κ2) is 6.01. The van der Waals surface area contributed by atoms with Crippen molar-refractivity contribution in [1.29, 1.82) is 0 Å². The summed E-state index contributed by atoms with van der Waals surface area (Å²) in [5.74, 6) is 0.556. The van der Waals surface area contributed by atoms with Gasteiger partial charge < -0.3 is 10.1 Å². The highest BCUT2D eigenvalue weighted by atomic mass is 19.1. The second-order valence-electron chi connectivity index (χ2n) is 4.61. The first kappa shape index (κ1) is 12.4. The molecular formula is C14H20FNO. The molecule has 1 aromatic rings. The molecule has 2 unspecified atom stereocenters. The molecule has 2 nitrogen and oxygen atoms in total. The Kier molecular flexibility index (Phi) is 4.37. The standard InChI is InChI=1S/C14H20FNO/c1-2-16-12-4-3-5-14(10-12)17-13-8-6-11(15)7-9-13/h6-9,12,14,16H,2-5,10H2,1H3. The maximum absolute atomic E-state index is 12.8. The van der Waals surface area contributed by atoms with E-state index in [4.69, 9.17) is 4.74 Å². The average Bonchev–Trinajstić information content (AvgIpc) is 2.33. The quantitative estimate of drug-likeness (QED) is 0.868. The summed E-state index contributed by atoms with van der Waals surface area (Å²) in [6.07, 6.45) is 4.84. The lowest BCUT2D eigenvalue weighted by Crippen LogP contribution is -2.37. The minimum absolute atomic E-state index is 0.216. The van der Waals surface area contributed by atoms with Crippen molar-refractivity contribution in [2.24, 2.45) is 0 Å². The molecule has 0 saturated heterocycles. The highest BCUT2D eigenvalue weighted by molar-refractivity contribution is 5.22. The van der Waals surface area contributed by atoms with Crippen LogP contribution in [0.3, 0.4) is 0 Å². The molecule has 0 aliphatic heterocycles. The van der Waals surface area contributed by atoms with Crippen LogP contribution in [0.15, 0.2) is 24.3 Å². The fraction of sp³-hybridized carbons (Fsp3) is 0.571. The molecule has 3 heteroatoms.